The van der Waals surface area contributed by atoms with Gasteiger partial charge in [-0.1, -0.05) is 12.1 Å². The number of aliphatic carboxylic acids is 1. The van der Waals surface area contributed by atoms with E-state index in [1.807, 2.05) is 0 Å². The minimum atomic E-state index is -1.23. The van der Waals surface area contributed by atoms with Crippen molar-refractivity contribution in [3.8, 4) is 0 Å². The zero-order valence-electron chi connectivity index (χ0n) is 8.66. The summed E-state index contributed by atoms with van der Waals surface area (Å²) < 4.78 is 0. The van der Waals surface area contributed by atoms with E-state index in [0.29, 0.717) is 0 Å². The van der Waals surface area contributed by atoms with Gasteiger partial charge in [-0.2, -0.15) is 0 Å². The molecule has 8 heteroatoms. The Bertz CT molecular complexity index is 401. The van der Waals surface area contributed by atoms with Crippen molar-refractivity contribution in [1.29, 1.82) is 0 Å². The van der Waals surface area contributed by atoms with Gasteiger partial charge in [0.1, 0.15) is 0 Å². The van der Waals surface area contributed by atoms with Gasteiger partial charge in [0.05, 0.1) is 17.7 Å². The Labute approximate surface area is 132 Å². The van der Waals surface area contributed by atoms with Gasteiger partial charge in [-0.25, -0.2) is 9.59 Å². The first-order valence-corrected chi connectivity index (χ1v) is 4.37. The van der Waals surface area contributed by atoms with Crippen LogP contribution in [0.4, 0.5) is 0 Å². The second-order valence-electron chi connectivity index (χ2n) is 2.75. The fourth-order valence-corrected chi connectivity index (χ4v) is 0.856. The third-order valence-corrected chi connectivity index (χ3v) is 1.56. The average Bonchev–Trinajstić information content (AvgIpc) is 2.29. The van der Waals surface area contributed by atoms with E-state index in [9.17, 15) is 14.4 Å². The van der Waals surface area contributed by atoms with Crippen molar-refractivity contribution in [3.05, 3.63) is 35.4 Å². The number of benzene rings is 1. The topological polar surface area (TPSA) is 138 Å². The molecule has 18 heavy (non-hydrogen) atoms. The molecule has 0 atom stereocenters. The first-order valence-electron chi connectivity index (χ1n) is 4.37. The molecule has 0 aromatic heterocycles. The van der Waals surface area contributed by atoms with Crippen molar-refractivity contribution < 1.29 is 29.7 Å². The Hall–Kier alpha value is -1.15. The molecule has 0 aliphatic rings. The van der Waals surface area contributed by atoms with Crippen LogP contribution in [0.1, 0.15) is 20.7 Å². The van der Waals surface area contributed by atoms with Gasteiger partial charge in [0.15, 0.2) is 0 Å². The number of hydrogen-bond acceptors (Lipinski definition) is 4. The third kappa shape index (κ3) is 7.23. The van der Waals surface area contributed by atoms with Crippen LogP contribution >= 0.6 is 0 Å². The van der Waals surface area contributed by atoms with Crippen LogP contribution in [0, 0.1) is 0 Å². The number of rotatable bonds is 3. The molecule has 5 N–H and O–H groups in total. The van der Waals surface area contributed by atoms with Gasteiger partial charge in [0, 0.05) is 0 Å². The van der Waals surface area contributed by atoms with Crippen LogP contribution in [0.5, 0.6) is 0 Å². The molecule has 0 heterocycles. The zero-order valence-corrected chi connectivity index (χ0v) is 8.66. The zero-order chi connectivity index (χ0) is 13.4. The van der Waals surface area contributed by atoms with Crippen LogP contribution in [0.3, 0.4) is 0 Å². The molecule has 0 fully saturated rings. The Balaban J connectivity index is 0. The summed E-state index contributed by atoms with van der Waals surface area (Å²) in [5.41, 5.74) is 4.19. The maximum absolute atomic E-state index is 10.5. The standard InChI is InChI=1S/C8H6O4.C2H5NO2.Ca.2H/c9-7(10)5-3-1-2-4-6(5)8(11)12;3-1-2(4)5;;;/h1-4H,(H,9,10)(H,11,12);1,3H2,(H,4,5);;;. The van der Waals surface area contributed by atoms with Gasteiger partial charge in [-0.3, -0.25) is 4.79 Å². The average molecular weight is 283 g/mol. The molecule has 1 aromatic rings. The molecule has 96 valence electrons. The van der Waals surface area contributed by atoms with Crippen molar-refractivity contribution in [3.63, 3.8) is 0 Å². The molecule has 0 aliphatic heterocycles. The molecule has 0 saturated heterocycles. The monoisotopic (exact) mass is 283 g/mol. The summed E-state index contributed by atoms with van der Waals surface area (Å²) in [6.07, 6.45) is 0. The molecular weight excluding hydrogens is 270 g/mol. The van der Waals surface area contributed by atoms with E-state index in [2.05, 4.69) is 5.73 Å². The molecule has 7 nitrogen and oxygen atoms in total. The Kier molecular flexibility index (Phi) is 10.5. The predicted octanol–water partition coefficient (Wildman–Crippen LogP) is -0.804. The SMILES string of the molecule is NCC(=O)O.O=C(O)c1ccccc1C(=O)O.[CaH2]. The normalized spacial score (nSPS) is 8.28. The first-order chi connectivity index (χ1) is 7.90. The summed E-state index contributed by atoms with van der Waals surface area (Å²) in [7, 11) is 0. The van der Waals surface area contributed by atoms with Crippen LogP contribution < -0.4 is 5.73 Å². The molecule has 0 amide bonds. The number of carbonyl (C=O) groups is 3. The van der Waals surface area contributed by atoms with Gasteiger partial charge >= 0.3 is 55.6 Å². The number of aromatic carboxylic acids is 2. The van der Waals surface area contributed by atoms with Gasteiger partial charge in [0.2, 0.25) is 0 Å². The van der Waals surface area contributed by atoms with Crippen LogP contribution in [-0.2, 0) is 4.79 Å². The Morgan fingerprint density at radius 3 is 1.39 bits per heavy atom. The van der Waals surface area contributed by atoms with Crippen molar-refractivity contribution in [2.75, 3.05) is 6.54 Å². The van der Waals surface area contributed by atoms with Gasteiger partial charge in [-0.15, -0.1) is 0 Å². The van der Waals surface area contributed by atoms with Crippen LogP contribution in [-0.4, -0.2) is 77.5 Å². The van der Waals surface area contributed by atoms with E-state index in [1.165, 1.54) is 24.3 Å². The summed E-state index contributed by atoms with van der Waals surface area (Å²) in [6.45, 7) is -0.278. The third-order valence-electron chi connectivity index (χ3n) is 1.56. The summed E-state index contributed by atoms with van der Waals surface area (Å²) in [4.78, 5) is 30.2. The first kappa shape index (κ1) is 19.2. The number of carboxylic acids is 3. The Morgan fingerprint density at radius 1 is 0.944 bits per heavy atom. The Morgan fingerprint density at radius 2 is 1.22 bits per heavy atom. The second-order valence-corrected chi connectivity index (χ2v) is 2.75. The minimum absolute atomic E-state index is 0. The van der Waals surface area contributed by atoms with Crippen LogP contribution in [0.2, 0.25) is 0 Å². The van der Waals surface area contributed by atoms with Crippen LogP contribution in [0.15, 0.2) is 24.3 Å². The molecule has 0 bridgehead atoms. The van der Waals surface area contributed by atoms with Gasteiger partial charge < -0.3 is 21.1 Å². The van der Waals surface area contributed by atoms with Gasteiger partial charge in [0.25, 0.3) is 0 Å². The maximum atomic E-state index is 10.5. The molecule has 1 rings (SSSR count). The van der Waals surface area contributed by atoms with E-state index in [-0.39, 0.29) is 55.4 Å². The van der Waals surface area contributed by atoms with Crippen molar-refractivity contribution in [2.45, 2.75) is 0 Å². The van der Waals surface area contributed by atoms with Crippen molar-refractivity contribution in [2.24, 2.45) is 5.73 Å². The molecule has 0 aliphatic carbocycles. The molecule has 0 spiro atoms. The predicted molar refractivity (Wildman–Crippen MR) is 65.6 cm³/mol. The van der Waals surface area contributed by atoms with E-state index in [0.717, 1.165) is 0 Å². The number of nitrogens with two attached hydrogens (primary N) is 1. The van der Waals surface area contributed by atoms with E-state index >= 15 is 0 Å². The van der Waals surface area contributed by atoms with E-state index < -0.39 is 17.9 Å². The van der Waals surface area contributed by atoms with Crippen molar-refractivity contribution >= 4 is 55.6 Å². The summed E-state index contributed by atoms with van der Waals surface area (Å²) >= 11 is 0. The molecular formula is C10H13CaNO6. The summed E-state index contributed by atoms with van der Waals surface area (Å²) in [5.74, 6) is -3.42. The fraction of sp³-hybridized carbons (Fsp3) is 0.100. The molecule has 1 aromatic carbocycles. The molecule has 0 radical (unpaired) electrons. The van der Waals surface area contributed by atoms with Gasteiger partial charge in [-0.05, 0) is 12.1 Å². The van der Waals surface area contributed by atoms with E-state index in [1.54, 1.807) is 0 Å². The van der Waals surface area contributed by atoms with Crippen molar-refractivity contribution in [1.82, 2.24) is 0 Å². The number of hydrogen-bond donors (Lipinski definition) is 4. The fourth-order valence-electron chi connectivity index (χ4n) is 0.856. The molecule has 0 saturated carbocycles. The quantitative estimate of drug-likeness (QED) is 0.532. The van der Waals surface area contributed by atoms with Crippen LogP contribution in [0.25, 0.3) is 0 Å². The summed E-state index contributed by atoms with van der Waals surface area (Å²) in [5, 5.41) is 24.7. The number of carboxylic acid groups (broad SMARTS) is 3. The molecule has 0 unspecified atom stereocenters. The van der Waals surface area contributed by atoms with E-state index in [4.69, 9.17) is 15.3 Å². The second kappa shape index (κ2) is 9.84. The summed E-state index contributed by atoms with van der Waals surface area (Å²) in [6, 6.07) is 5.48.